The average Bonchev–Trinajstić information content (AvgIpc) is 3.11. The van der Waals surface area contributed by atoms with Gasteiger partial charge in [-0.15, -0.1) is 10.2 Å². The predicted octanol–water partition coefficient (Wildman–Crippen LogP) is 4.04. The Bertz CT molecular complexity index is 810. The Kier molecular flexibility index (Phi) is 5.09. The minimum absolute atomic E-state index is 0.00938. The molecule has 0 fully saturated rings. The van der Waals surface area contributed by atoms with Crippen LogP contribution in [0.15, 0.2) is 60.9 Å². The van der Waals surface area contributed by atoms with Gasteiger partial charge in [0.25, 0.3) is 0 Å². The van der Waals surface area contributed by atoms with Gasteiger partial charge in [0.05, 0.1) is 0 Å². The molecule has 128 valence electrons. The maximum atomic E-state index is 11.8. The number of carbonyl (C=O) groups excluding carboxylic acids is 1. The van der Waals surface area contributed by atoms with Crippen molar-refractivity contribution < 1.29 is 9.53 Å². The molecule has 2 heterocycles. The standard InChI is InChI=1S/C19H20N4O2/c1-14(2)13-18(24)20-15-5-7-16(8-6-15)25-19-10-9-17(21-22-19)23-11-3-4-12-23/h3-12,14H,13H2,1-2H3,(H,20,24). The van der Waals surface area contributed by atoms with E-state index in [0.29, 0.717) is 24.0 Å². The topological polar surface area (TPSA) is 69.0 Å². The Morgan fingerprint density at radius 2 is 1.80 bits per heavy atom. The highest BCUT2D eigenvalue weighted by Crippen LogP contribution is 2.21. The molecule has 25 heavy (non-hydrogen) atoms. The van der Waals surface area contributed by atoms with Gasteiger partial charge in [-0.1, -0.05) is 13.8 Å². The number of aromatic nitrogens is 3. The molecule has 1 aromatic carbocycles. The summed E-state index contributed by atoms with van der Waals surface area (Å²) in [6.45, 7) is 4.03. The van der Waals surface area contributed by atoms with E-state index in [-0.39, 0.29) is 5.91 Å². The second kappa shape index (κ2) is 7.61. The quantitative estimate of drug-likeness (QED) is 0.737. The molecule has 0 aliphatic carbocycles. The number of benzene rings is 1. The highest BCUT2D eigenvalue weighted by Gasteiger charge is 2.06. The fourth-order valence-electron chi connectivity index (χ4n) is 2.30. The first-order chi connectivity index (χ1) is 12.1. The lowest BCUT2D eigenvalue weighted by molar-refractivity contribution is -0.116. The van der Waals surface area contributed by atoms with Crippen molar-refractivity contribution >= 4 is 11.6 Å². The Hall–Kier alpha value is -3.15. The van der Waals surface area contributed by atoms with E-state index in [0.717, 1.165) is 11.5 Å². The summed E-state index contributed by atoms with van der Waals surface area (Å²) < 4.78 is 7.55. The van der Waals surface area contributed by atoms with Gasteiger partial charge in [0.1, 0.15) is 5.75 Å². The average molecular weight is 336 g/mol. The Morgan fingerprint density at radius 1 is 1.08 bits per heavy atom. The van der Waals surface area contributed by atoms with Crippen LogP contribution < -0.4 is 10.1 Å². The first-order valence-corrected chi connectivity index (χ1v) is 8.15. The summed E-state index contributed by atoms with van der Waals surface area (Å²) in [6.07, 6.45) is 4.30. The van der Waals surface area contributed by atoms with Crippen molar-refractivity contribution in [3.05, 3.63) is 60.9 Å². The molecule has 0 aliphatic rings. The molecule has 0 atom stereocenters. The van der Waals surface area contributed by atoms with Crippen molar-refractivity contribution in [2.75, 3.05) is 5.32 Å². The van der Waals surface area contributed by atoms with Gasteiger partial charge < -0.3 is 14.6 Å². The van der Waals surface area contributed by atoms with Crippen LogP contribution in [0.2, 0.25) is 0 Å². The third-order valence-corrected chi connectivity index (χ3v) is 3.45. The van der Waals surface area contributed by atoms with Gasteiger partial charge in [-0.05, 0) is 48.4 Å². The fourth-order valence-corrected chi connectivity index (χ4v) is 2.30. The number of ether oxygens (including phenoxy) is 1. The molecular formula is C19H20N4O2. The molecule has 1 amide bonds. The minimum Gasteiger partial charge on any atom is -0.438 e. The van der Waals surface area contributed by atoms with Crippen LogP contribution in [0.25, 0.3) is 5.82 Å². The van der Waals surface area contributed by atoms with Crippen LogP contribution in [0.5, 0.6) is 11.6 Å². The molecule has 0 bridgehead atoms. The van der Waals surface area contributed by atoms with Gasteiger partial charge in [0.2, 0.25) is 11.8 Å². The minimum atomic E-state index is 0.00938. The second-order valence-corrected chi connectivity index (χ2v) is 6.09. The van der Waals surface area contributed by atoms with E-state index in [4.69, 9.17) is 4.74 Å². The van der Waals surface area contributed by atoms with E-state index in [9.17, 15) is 4.79 Å². The largest absolute Gasteiger partial charge is 0.438 e. The van der Waals surface area contributed by atoms with E-state index in [1.165, 1.54) is 0 Å². The molecule has 0 spiro atoms. The number of carbonyl (C=O) groups is 1. The van der Waals surface area contributed by atoms with Gasteiger partial charge in [-0.25, -0.2) is 0 Å². The van der Waals surface area contributed by atoms with Gasteiger partial charge in [-0.3, -0.25) is 4.79 Å². The van der Waals surface area contributed by atoms with Crippen molar-refractivity contribution in [2.45, 2.75) is 20.3 Å². The van der Waals surface area contributed by atoms with Gasteiger partial charge in [-0.2, -0.15) is 0 Å². The summed E-state index contributed by atoms with van der Waals surface area (Å²) in [6, 6.07) is 14.6. The van der Waals surface area contributed by atoms with Crippen molar-refractivity contribution in [2.24, 2.45) is 5.92 Å². The molecule has 6 heteroatoms. The zero-order valence-electron chi connectivity index (χ0n) is 14.2. The van der Waals surface area contributed by atoms with Crippen LogP contribution in [0, 0.1) is 5.92 Å². The smallest absolute Gasteiger partial charge is 0.238 e. The van der Waals surface area contributed by atoms with Crippen molar-refractivity contribution in [1.82, 2.24) is 14.8 Å². The number of rotatable bonds is 6. The summed E-state index contributed by atoms with van der Waals surface area (Å²) in [5.74, 6) is 2.10. The summed E-state index contributed by atoms with van der Waals surface area (Å²) >= 11 is 0. The number of hydrogen-bond donors (Lipinski definition) is 1. The zero-order valence-corrected chi connectivity index (χ0v) is 14.2. The molecule has 0 saturated carbocycles. The summed E-state index contributed by atoms with van der Waals surface area (Å²) in [5.41, 5.74) is 0.743. The van der Waals surface area contributed by atoms with Crippen molar-refractivity contribution in [1.29, 1.82) is 0 Å². The Balaban J connectivity index is 1.60. The number of amides is 1. The molecule has 6 nitrogen and oxygen atoms in total. The molecule has 3 rings (SSSR count). The number of hydrogen-bond acceptors (Lipinski definition) is 4. The summed E-state index contributed by atoms with van der Waals surface area (Å²) in [5, 5.41) is 11.1. The Morgan fingerprint density at radius 3 is 2.40 bits per heavy atom. The number of nitrogens with zero attached hydrogens (tertiary/aromatic N) is 3. The van der Waals surface area contributed by atoms with E-state index in [1.807, 2.05) is 49.0 Å². The molecule has 0 aliphatic heterocycles. The van der Waals surface area contributed by atoms with Crippen molar-refractivity contribution in [3.8, 4) is 17.4 Å². The lowest BCUT2D eigenvalue weighted by Gasteiger charge is -2.09. The van der Waals surface area contributed by atoms with E-state index in [1.54, 1.807) is 30.3 Å². The molecule has 0 radical (unpaired) electrons. The first-order valence-electron chi connectivity index (χ1n) is 8.15. The monoisotopic (exact) mass is 336 g/mol. The third kappa shape index (κ3) is 4.67. The first kappa shape index (κ1) is 16.7. The van der Waals surface area contributed by atoms with Gasteiger partial charge >= 0.3 is 0 Å². The van der Waals surface area contributed by atoms with Crippen LogP contribution >= 0.6 is 0 Å². The zero-order chi connectivity index (χ0) is 17.6. The number of nitrogens with one attached hydrogen (secondary N) is 1. The second-order valence-electron chi connectivity index (χ2n) is 6.09. The normalized spacial score (nSPS) is 10.7. The summed E-state index contributed by atoms with van der Waals surface area (Å²) in [7, 11) is 0. The maximum absolute atomic E-state index is 11.8. The Labute approximate surface area is 146 Å². The third-order valence-electron chi connectivity index (χ3n) is 3.45. The van der Waals surface area contributed by atoms with Crippen LogP contribution in [0.4, 0.5) is 5.69 Å². The maximum Gasteiger partial charge on any atom is 0.238 e. The SMILES string of the molecule is CC(C)CC(=O)Nc1ccc(Oc2ccc(-n3cccc3)nn2)cc1. The van der Waals surface area contributed by atoms with Crippen LogP contribution in [-0.4, -0.2) is 20.7 Å². The van der Waals surface area contributed by atoms with Crippen LogP contribution in [-0.2, 0) is 4.79 Å². The van der Waals surface area contributed by atoms with Crippen LogP contribution in [0.3, 0.4) is 0 Å². The lowest BCUT2D eigenvalue weighted by atomic mass is 10.1. The molecule has 1 N–H and O–H groups in total. The molecule has 0 unspecified atom stereocenters. The van der Waals surface area contributed by atoms with Crippen LogP contribution in [0.1, 0.15) is 20.3 Å². The van der Waals surface area contributed by atoms with E-state index in [2.05, 4.69) is 15.5 Å². The predicted molar refractivity (Wildman–Crippen MR) is 96.0 cm³/mol. The lowest BCUT2D eigenvalue weighted by Crippen LogP contribution is -2.13. The van der Waals surface area contributed by atoms with Gasteiger partial charge in [0, 0.05) is 30.6 Å². The molecule has 0 saturated heterocycles. The highest BCUT2D eigenvalue weighted by atomic mass is 16.5. The number of anilines is 1. The fraction of sp³-hybridized carbons (Fsp3) is 0.211. The highest BCUT2D eigenvalue weighted by molar-refractivity contribution is 5.90. The summed E-state index contributed by atoms with van der Waals surface area (Å²) in [4.78, 5) is 11.8. The van der Waals surface area contributed by atoms with Crippen molar-refractivity contribution in [3.63, 3.8) is 0 Å². The van der Waals surface area contributed by atoms with E-state index < -0.39 is 0 Å². The van der Waals surface area contributed by atoms with E-state index >= 15 is 0 Å². The van der Waals surface area contributed by atoms with Gasteiger partial charge in [0.15, 0.2) is 5.82 Å². The molecule has 3 aromatic rings. The molecular weight excluding hydrogens is 316 g/mol. The molecule has 2 aromatic heterocycles.